The van der Waals surface area contributed by atoms with E-state index in [1.54, 1.807) is 16.7 Å². The number of allylic oxidation sites excluding steroid dienone is 5. The number of aromatic nitrogens is 1. The summed E-state index contributed by atoms with van der Waals surface area (Å²) in [5, 5.41) is 1.41. The minimum Gasteiger partial charge on any atom is -0.341 e. The van der Waals surface area contributed by atoms with Crippen molar-refractivity contribution in [2.45, 2.75) is 64.8 Å². The van der Waals surface area contributed by atoms with Crippen LogP contribution >= 0.6 is 0 Å². The van der Waals surface area contributed by atoms with E-state index in [-0.39, 0.29) is 5.41 Å². The van der Waals surface area contributed by atoms with Gasteiger partial charge in [0.15, 0.2) is 0 Å². The molecule has 0 bridgehead atoms. The number of benzene rings is 2. The molecular weight excluding hydrogens is 374 g/mol. The lowest BCUT2D eigenvalue weighted by molar-refractivity contribution is 0.588. The Kier molecular flexibility index (Phi) is 4.03. The van der Waals surface area contributed by atoms with Crippen molar-refractivity contribution >= 4 is 22.6 Å². The van der Waals surface area contributed by atoms with Crippen molar-refractivity contribution in [3.8, 4) is 0 Å². The molecule has 1 heterocycles. The first-order chi connectivity index (χ1) is 15.0. The fourth-order valence-electron chi connectivity index (χ4n) is 6.40. The first-order valence-electron chi connectivity index (χ1n) is 11.8. The molecule has 156 valence electrons. The lowest BCUT2D eigenvalue weighted by atomic mass is 9.76. The van der Waals surface area contributed by atoms with Crippen molar-refractivity contribution in [3.63, 3.8) is 0 Å². The summed E-state index contributed by atoms with van der Waals surface area (Å²) in [5.41, 5.74) is 13.7. The molecule has 3 aliphatic carbocycles. The van der Waals surface area contributed by atoms with Gasteiger partial charge in [-0.2, -0.15) is 0 Å². The summed E-state index contributed by atoms with van der Waals surface area (Å²) in [7, 11) is 0. The summed E-state index contributed by atoms with van der Waals surface area (Å²) in [6, 6.07) is 18.5. The highest BCUT2D eigenvalue weighted by atomic mass is 15.0. The fraction of sp³-hybridized carbons (Fsp3) is 0.333. The van der Waals surface area contributed by atoms with E-state index in [9.17, 15) is 0 Å². The van der Waals surface area contributed by atoms with Gasteiger partial charge in [-0.25, -0.2) is 0 Å². The SMILES string of the molecule is CC(C)n1c2c(c3ccccc31)C=C(C1=CC3=C(CC1)C(C)(C)c1ccccc13)CC2. The molecule has 3 aliphatic rings. The summed E-state index contributed by atoms with van der Waals surface area (Å²) in [6.07, 6.45) is 9.68. The maximum absolute atomic E-state index is 2.56. The Labute approximate surface area is 185 Å². The highest BCUT2D eigenvalue weighted by molar-refractivity contribution is 5.94. The third-order valence-electron chi connectivity index (χ3n) is 7.87. The maximum atomic E-state index is 2.56. The van der Waals surface area contributed by atoms with Gasteiger partial charge in [-0.15, -0.1) is 0 Å². The van der Waals surface area contributed by atoms with Gasteiger partial charge in [0.2, 0.25) is 0 Å². The largest absolute Gasteiger partial charge is 0.341 e. The molecule has 0 unspecified atom stereocenters. The average Bonchev–Trinajstić information content (AvgIpc) is 3.23. The van der Waals surface area contributed by atoms with Crippen LogP contribution in [0.15, 0.2) is 71.3 Å². The van der Waals surface area contributed by atoms with Crippen LogP contribution in [0.3, 0.4) is 0 Å². The minimum atomic E-state index is 0.159. The molecule has 0 radical (unpaired) electrons. The van der Waals surface area contributed by atoms with E-state index in [0.717, 1.165) is 12.8 Å². The van der Waals surface area contributed by atoms with Crippen molar-refractivity contribution < 1.29 is 0 Å². The van der Waals surface area contributed by atoms with E-state index >= 15 is 0 Å². The van der Waals surface area contributed by atoms with E-state index in [1.807, 2.05) is 0 Å². The standard InChI is InChI=1S/C30H31N/c1-19(2)31-28-12-8-6-10-23(28)25-18-21(14-16-29(25)31)20-13-15-27-24(17-20)22-9-5-7-11-26(22)30(27,3)4/h5-12,17-19H,13-16H2,1-4H3. The van der Waals surface area contributed by atoms with Gasteiger partial charge in [-0.3, -0.25) is 0 Å². The summed E-state index contributed by atoms with van der Waals surface area (Å²) in [4.78, 5) is 0. The second-order valence-electron chi connectivity index (χ2n) is 10.2. The Balaban J connectivity index is 1.49. The smallest absolute Gasteiger partial charge is 0.0491 e. The first-order valence-corrected chi connectivity index (χ1v) is 11.8. The molecular formula is C30H31N. The predicted molar refractivity (Wildman–Crippen MR) is 132 cm³/mol. The zero-order valence-corrected chi connectivity index (χ0v) is 19.1. The van der Waals surface area contributed by atoms with E-state index in [2.05, 4.69) is 92.9 Å². The third-order valence-corrected chi connectivity index (χ3v) is 7.87. The van der Waals surface area contributed by atoms with Gasteiger partial charge >= 0.3 is 0 Å². The van der Waals surface area contributed by atoms with E-state index < -0.39 is 0 Å². The Morgan fingerprint density at radius 2 is 1.52 bits per heavy atom. The van der Waals surface area contributed by atoms with Crippen LogP contribution in [0, 0.1) is 0 Å². The van der Waals surface area contributed by atoms with Crippen LogP contribution in [0.2, 0.25) is 0 Å². The topological polar surface area (TPSA) is 4.93 Å². The van der Waals surface area contributed by atoms with Gasteiger partial charge < -0.3 is 4.57 Å². The predicted octanol–water partition coefficient (Wildman–Crippen LogP) is 8.02. The van der Waals surface area contributed by atoms with Crippen LogP contribution in [0.1, 0.15) is 75.4 Å². The van der Waals surface area contributed by atoms with Crippen molar-refractivity contribution in [1.82, 2.24) is 4.57 Å². The number of rotatable bonds is 2. The fourth-order valence-corrected chi connectivity index (χ4v) is 6.40. The Morgan fingerprint density at radius 3 is 2.35 bits per heavy atom. The van der Waals surface area contributed by atoms with E-state index in [1.165, 1.54) is 51.7 Å². The Bertz CT molecular complexity index is 1320. The quantitative estimate of drug-likeness (QED) is 0.407. The van der Waals surface area contributed by atoms with E-state index in [0.29, 0.717) is 6.04 Å². The zero-order chi connectivity index (χ0) is 21.3. The maximum Gasteiger partial charge on any atom is 0.0491 e. The van der Waals surface area contributed by atoms with Crippen LogP contribution in [-0.4, -0.2) is 4.57 Å². The third kappa shape index (κ3) is 2.62. The molecule has 3 aromatic rings. The van der Waals surface area contributed by atoms with Crippen molar-refractivity contribution in [3.05, 3.63) is 93.7 Å². The minimum absolute atomic E-state index is 0.159. The highest BCUT2D eigenvalue weighted by Crippen LogP contribution is 2.52. The summed E-state index contributed by atoms with van der Waals surface area (Å²) >= 11 is 0. The molecule has 0 saturated heterocycles. The van der Waals surface area contributed by atoms with Gasteiger partial charge in [0.1, 0.15) is 0 Å². The number of nitrogens with zero attached hydrogens (tertiary/aromatic N) is 1. The monoisotopic (exact) mass is 405 g/mol. The number of hydrogen-bond acceptors (Lipinski definition) is 0. The van der Waals surface area contributed by atoms with Crippen molar-refractivity contribution in [1.29, 1.82) is 0 Å². The molecule has 0 fully saturated rings. The molecule has 0 atom stereocenters. The summed E-state index contributed by atoms with van der Waals surface area (Å²) in [6.45, 7) is 9.42. The number of hydrogen-bond donors (Lipinski definition) is 0. The van der Waals surface area contributed by atoms with Gasteiger partial charge in [0.25, 0.3) is 0 Å². The molecule has 6 rings (SSSR count). The lowest BCUT2D eigenvalue weighted by Gasteiger charge is -2.28. The van der Waals surface area contributed by atoms with Gasteiger partial charge in [0, 0.05) is 33.6 Å². The van der Waals surface area contributed by atoms with Gasteiger partial charge in [-0.1, -0.05) is 68.0 Å². The van der Waals surface area contributed by atoms with Crippen LogP contribution in [0.4, 0.5) is 0 Å². The Hall–Kier alpha value is -2.80. The molecule has 31 heavy (non-hydrogen) atoms. The second-order valence-corrected chi connectivity index (χ2v) is 10.2. The molecule has 0 saturated carbocycles. The summed E-state index contributed by atoms with van der Waals surface area (Å²) in [5.74, 6) is 0. The molecule has 1 aromatic heterocycles. The van der Waals surface area contributed by atoms with Gasteiger partial charge in [0.05, 0.1) is 0 Å². The van der Waals surface area contributed by atoms with Gasteiger partial charge in [-0.05, 0) is 79.5 Å². The molecule has 0 aliphatic heterocycles. The summed E-state index contributed by atoms with van der Waals surface area (Å²) < 4.78 is 2.56. The first kappa shape index (κ1) is 18.9. The zero-order valence-electron chi connectivity index (χ0n) is 19.1. The van der Waals surface area contributed by atoms with Crippen LogP contribution < -0.4 is 0 Å². The Morgan fingerprint density at radius 1 is 0.806 bits per heavy atom. The average molecular weight is 406 g/mol. The highest BCUT2D eigenvalue weighted by Gasteiger charge is 2.38. The molecule has 2 aromatic carbocycles. The van der Waals surface area contributed by atoms with Crippen LogP contribution in [-0.2, 0) is 11.8 Å². The molecule has 0 N–H and O–H groups in total. The number of fused-ring (bicyclic) bond motifs is 5. The van der Waals surface area contributed by atoms with Crippen LogP contribution in [0.25, 0.3) is 22.6 Å². The van der Waals surface area contributed by atoms with Crippen molar-refractivity contribution in [2.24, 2.45) is 0 Å². The van der Waals surface area contributed by atoms with E-state index in [4.69, 9.17) is 0 Å². The lowest BCUT2D eigenvalue weighted by Crippen LogP contribution is -2.18. The van der Waals surface area contributed by atoms with Crippen LogP contribution in [0.5, 0.6) is 0 Å². The number of para-hydroxylation sites is 1. The van der Waals surface area contributed by atoms with Crippen molar-refractivity contribution in [2.75, 3.05) is 0 Å². The molecule has 1 nitrogen and oxygen atoms in total. The second kappa shape index (κ2) is 6.60. The molecule has 0 amide bonds. The normalized spacial score (nSPS) is 19.3. The molecule has 0 spiro atoms. The molecule has 1 heteroatoms.